The average Bonchev–Trinajstić information content (AvgIpc) is 2.45. The molecule has 0 nitrogen and oxygen atoms in total. The highest BCUT2D eigenvalue weighted by molar-refractivity contribution is 7.99. The fourth-order valence-electron chi connectivity index (χ4n) is 2.41. The second-order valence-electron chi connectivity index (χ2n) is 7.45. The zero-order valence-electron chi connectivity index (χ0n) is 15.8. The standard InChI is InChI=1S/C20H40SSi/c1-5-18-21-19-16-14-12-10-8-6-7-9-11-13-15-17-20-22(2,3)4/h5-16,18-19H2,1-4H3. The second kappa shape index (κ2) is 16.0. The minimum atomic E-state index is -1.13. The predicted octanol–water partition coefficient (Wildman–Crippen LogP) is 7.30. The van der Waals surface area contributed by atoms with Crippen LogP contribution in [0.3, 0.4) is 0 Å². The summed E-state index contributed by atoms with van der Waals surface area (Å²) in [6.45, 7) is 9.24. The Morgan fingerprint density at radius 1 is 0.682 bits per heavy atom. The van der Waals surface area contributed by atoms with Gasteiger partial charge in [-0.25, -0.2) is 0 Å². The zero-order chi connectivity index (χ0) is 16.5. The van der Waals surface area contributed by atoms with E-state index in [2.05, 4.69) is 49.8 Å². The summed E-state index contributed by atoms with van der Waals surface area (Å²) in [4.78, 5) is 0. The SMILES string of the molecule is CCCSCCCCCCCCCCCCC#C[Si](C)(C)C. The molecule has 0 saturated heterocycles. The lowest BCUT2D eigenvalue weighted by atomic mass is 10.1. The van der Waals surface area contributed by atoms with Gasteiger partial charge in [0.25, 0.3) is 0 Å². The van der Waals surface area contributed by atoms with Crippen molar-refractivity contribution < 1.29 is 0 Å². The molecule has 22 heavy (non-hydrogen) atoms. The maximum absolute atomic E-state index is 3.46. The first-order chi connectivity index (χ1) is 10.6. The van der Waals surface area contributed by atoms with Crippen molar-refractivity contribution >= 4 is 19.8 Å². The van der Waals surface area contributed by atoms with Crippen molar-refractivity contribution in [3.05, 3.63) is 0 Å². The van der Waals surface area contributed by atoms with Crippen LogP contribution in [0.15, 0.2) is 0 Å². The summed E-state index contributed by atoms with van der Waals surface area (Å²) in [5.74, 6) is 6.11. The Kier molecular flexibility index (Phi) is 16.1. The summed E-state index contributed by atoms with van der Waals surface area (Å²) in [7, 11) is -1.13. The average molecular weight is 341 g/mol. The Morgan fingerprint density at radius 3 is 1.68 bits per heavy atom. The molecule has 0 aliphatic rings. The first kappa shape index (κ1) is 22.1. The van der Waals surface area contributed by atoms with Crippen LogP contribution in [0, 0.1) is 11.5 Å². The van der Waals surface area contributed by atoms with E-state index in [-0.39, 0.29) is 0 Å². The highest BCUT2D eigenvalue weighted by Gasteiger charge is 2.06. The summed E-state index contributed by atoms with van der Waals surface area (Å²) in [6, 6.07) is 0. The molecule has 0 aromatic carbocycles. The molecule has 0 N–H and O–H groups in total. The van der Waals surface area contributed by atoms with Crippen molar-refractivity contribution in [1.82, 2.24) is 0 Å². The summed E-state index contributed by atoms with van der Waals surface area (Å²) in [5.41, 5.74) is 3.46. The molecule has 0 heterocycles. The summed E-state index contributed by atoms with van der Waals surface area (Å²) < 4.78 is 0. The first-order valence-corrected chi connectivity index (χ1v) is 14.3. The van der Waals surface area contributed by atoms with Crippen molar-refractivity contribution in [2.75, 3.05) is 11.5 Å². The topological polar surface area (TPSA) is 0 Å². The molecule has 0 aliphatic heterocycles. The van der Waals surface area contributed by atoms with E-state index >= 15 is 0 Å². The Labute approximate surface area is 146 Å². The van der Waals surface area contributed by atoms with Gasteiger partial charge in [-0.15, -0.1) is 11.5 Å². The summed E-state index contributed by atoms with van der Waals surface area (Å²) in [6.07, 6.45) is 16.7. The van der Waals surface area contributed by atoms with E-state index in [1.54, 1.807) is 0 Å². The molecular weight excluding hydrogens is 300 g/mol. The van der Waals surface area contributed by atoms with Crippen molar-refractivity contribution in [2.45, 2.75) is 104 Å². The van der Waals surface area contributed by atoms with Gasteiger partial charge >= 0.3 is 0 Å². The largest absolute Gasteiger partial charge is 0.162 e. The van der Waals surface area contributed by atoms with Gasteiger partial charge in [-0.1, -0.05) is 77.9 Å². The number of hydrogen-bond donors (Lipinski definition) is 0. The van der Waals surface area contributed by atoms with Crippen LogP contribution in [0.1, 0.15) is 84.0 Å². The molecule has 0 bridgehead atoms. The molecule has 0 atom stereocenters. The fourth-order valence-corrected chi connectivity index (χ4v) is 3.96. The van der Waals surface area contributed by atoms with E-state index in [0.717, 1.165) is 6.42 Å². The molecule has 2 heteroatoms. The van der Waals surface area contributed by atoms with Crippen LogP contribution in [0.2, 0.25) is 19.6 Å². The smallest absolute Gasteiger partial charge is 0.129 e. The van der Waals surface area contributed by atoms with Crippen molar-refractivity contribution in [1.29, 1.82) is 0 Å². The van der Waals surface area contributed by atoms with Crippen LogP contribution in [-0.4, -0.2) is 19.6 Å². The lowest BCUT2D eigenvalue weighted by molar-refractivity contribution is 0.559. The summed E-state index contributed by atoms with van der Waals surface area (Å²) >= 11 is 2.13. The van der Waals surface area contributed by atoms with Gasteiger partial charge in [0, 0.05) is 6.42 Å². The number of thioether (sulfide) groups is 1. The molecule has 0 aliphatic carbocycles. The Bertz CT molecular complexity index is 282. The molecule has 0 unspecified atom stereocenters. The third-order valence-electron chi connectivity index (χ3n) is 3.65. The van der Waals surface area contributed by atoms with Gasteiger partial charge in [0.05, 0.1) is 0 Å². The van der Waals surface area contributed by atoms with E-state index in [4.69, 9.17) is 0 Å². The Hall–Kier alpha value is 0.127. The lowest BCUT2D eigenvalue weighted by Crippen LogP contribution is -2.16. The minimum Gasteiger partial charge on any atom is -0.162 e. The van der Waals surface area contributed by atoms with Gasteiger partial charge in [0.15, 0.2) is 0 Å². The fraction of sp³-hybridized carbons (Fsp3) is 0.900. The third-order valence-corrected chi connectivity index (χ3v) is 5.85. The van der Waals surface area contributed by atoms with Gasteiger partial charge in [0.1, 0.15) is 8.07 Å². The van der Waals surface area contributed by atoms with Gasteiger partial charge in [-0.2, -0.15) is 11.8 Å². The first-order valence-electron chi connectivity index (χ1n) is 9.64. The van der Waals surface area contributed by atoms with Crippen molar-refractivity contribution in [3.63, 3.8) is 0 Å². The molecule has 0 aromatic rings. The highest BCUT2D eigenvalue weighted by Crippen LogP contribution is 2.13. The van der Waals surface area contributed by atoms with Crippen molar-refractivity contribution in [2.24, 2.45) is 0 Å². The molecular formula is C20H40SSi. The van der Waals surface area contributed by atoms with Crippen LogP contribution in [-0.2, 0) is 0 Å². The van der Waals surface area contributed by atoms with Gasteiger partial charge < -0.3 is 0 Å². The van der Waals surface area contributed by atoms with E-state index < -0.39 is 8.07 Å². The summed E-state index contributed by atoms with van der Waals surface area (Å²) in [5, 5.41) is 0. The number of rotatable bonds is 14. The molecule has 0 radical (unpaired) electrons. The maximum atomic E-state index is 3.46. The number of unbranched alkanes of at least 4 members (excludes halogenated alkanes) is 10. The highest BCUT2D eigenvalue weighted by atomic mass is 32.2. The van der Waals surface area contributed by atoms with Gasteiger partial charge in [-0.05, 0) is 30.8 Å². The minimum absolute atomic E-state index is 1.13. The Morgan fingerprint density at radius 2 is 1.18 bits per heavy atom. The van der Waals surface area contributed by atoms with Crippen LogP contribution >= 0.6 is 11.8 Å². The van der Waals surface area contributed by atoms with Gasteiger partial charge in [0.2, 0.25) is 0 Å². The Balaban J connectivity index is 3.10. The monoisotopic (exact) mass is 340 g/mol. The molecule has 0 spiro atoms. The molecule has 0 rings (SSSR count). The van der Waals surface area contributed by atoms with E-state index in [9.17, 15) is 0 Å². The van der Waals surface area contributed by atoms with Crippen molar-refractivity contribution in [3.8, 4) is 11.5 Å². The van der Waals surface area contributed by atoms with Crippen LogP contribution in [0.25, 0.3) is 0 Å². The van der Waals surface area contributed by atoms with E-state index in [0.29, 0.717) is 0 Å². The van der Waals surface area contributed by atoms with Crippen LogP contribution in [0.4, 0.5) is 0 Å². The van der Waals surface area contributed by atoms with Gasteiger partial charge in [-0.3, -0.25) is 0 Å². The normalized spacial score (nSPS) is 11.3. The van der Waals surface area contributed by atoms with E-state index in [1.807, 2.05) is 0 Å². The quantitative estimate of drug-likeness (QED) is 0.181. The third kappa shape index (κ3) is 20.1. The van der Waals surface area contributed by atoms with Crippen LogP contribution < -0.4 is 0 Å². The molecule has 0 amide bonds. The molecule has 0 fully saturated rings. The van der Waals surface area contributed by atoms with Crippen LogP contribution in [0.5, 0.6) is 0 Å². The predicted molar refractivity (Wildman–Crippen MR) is 110 cm³/mol. The number of hydrogen-bond acceptors (Lipinski definition) is 1. The molecule has 0 saturated carbocycles. The lowest BCUT2D eigenvalue weighted by Gasteiger charge is -2.04. The zero-order valence-corrected chi connectivity index (χ0v) is 17.6. The molecule has 130 valence electrons. The second-order valence-corrected chi connectivity index (χ2v) is 13.4. The molecule has 0 aromatic heterocycles. The maximum Gasteiger partial charge on any atom is 0.129 e. The van der Waals surface area contributed by atoms with E-state index in [1.165, 1.54) is 82.1 Å².